The monoisotopic (exact) mass is 725 g/mol. The lowest BCUT2D eigenvalue weighted by Crippen LogP contribution is -2.38. The zero-order valence-electron chi connectivity index (χ0n) is 30.6. The number of aliphatic hydroxyl groups is 1. The Hall–Kier alpha value is -7.15. The van der Waals surface area contributed by atoms with Gasteiger partial charge in [-0.25, -0.2) is 9.97 Å². The molecule has 0 fully saturated rings. The van der Waals surface area contributed by atoms with Crippen molar-refractivity contribution in [3.05, 3.63) is 282 Å². The van der Waals surface area contributed by atoms with Gasteiger partial charge in [-0.05, 0) is 45.5 Å². The van der Waals surface area contributed by atoms with Crippen molar-refractivity contribution in [3.63, 3.8) is 0 Å². The average molecular weight is 726 g/mol. The molecule has 0 aliphatic heterocycles. The maximum atomic E-state index is 13.4. The third kappa shape index (κ3) is 5.58. The van der Waals surface area contributed by atoms with Gasteiger partial charge in [0.1, 0.15) is 22.5 Å². The van der Waals surface area contributed by atoms with Crippen molar-refractivity contribution in [1.82, 2.24) is 24.1 Å². The van der Waals surface area contributed by atoms with Crippen LogP contribution in [0.2, 0.25) is 0 Å². The number of pyridine rings is 1. The molecule has 3 heterocycles. The molecular weight excluding hydrogens is 687 g/mol. The molecule has 0 unspecified atom stereocenters. The summed E-state index contributed by atoms with van der Waals surface area (Å²) in [6, 6.07) is 68.1. The molecule has 0 bridgehead atoms. The highest BCUT2D eigenvalue weighted by molar-refractivity contribution is 5.53. The molecule has 9 aromatic rings. The van der Waals surface area contributed by atoms with Gasteiger partial charge >= 0.3 is 0 Å². The molecular formula is C50H39N5O. The second-order valence-electron chi connectivity index (χ2n) is 13.9. The van der Waals surface area contributed by atoms with Gasteiger partial charge in [-0.1, -0.05) is 188 Å². The smallest absolute Gasteiger partial charge is 0.194 e. The van der Waals surface area contributed by atoms with E-state index in [9.17, 15) is 5.11 Å². The Morgan fingerprint density at radius 1 is 0.321 bits per heavy atom. The summed E-state index contributed by atoms with van der Waals surface area (Å²) in [5, 5.41) is 13.4. The average Bonchev–Trinajstić information content (AvgIpc) is 4.00. The van der Waals surface area contributed by atoms with E-state index in [0.29, 0.717) is 17.1 Å². The van der Waals surface area contributed by atoms with Gasteiger partial charge in [0.05, 0.1) is 18.3 Å². The molecule has 0 spiro atoms. The van der Waals surface area contributed by atoms with Crippen molar-refractivity contribution in [1.29, 1.82) is 0 Å². The van der Waals surface area contributed by atoms with E-state index in [1.54, 1.807) is 6.20 Å². The van der Waals surface area contributed by atoms with Gasteiger partial charge in [0.2, 0.25) is 0 Å². The van der Waals surface area contributed by atoms with Crippen LogP contribution in [0, 0.1) is 0 Å². The maximum absolute atomic E-state index is 13.4. The molecule has 0 amide bonds. The normalized spacial score (nSPS) is 12.0. The molecule has 0 aliphatic rings. The fraction of sp³-hybridized carbons (Fsp3) is 0.0600. The molecule has 9 rings (SSSR count). The quantitative estimate of drug-likeness (QED) is 0.135. The number of rotatable bonds is 11. The Morgan fingerprint density at radius 2 is 0.607 bits per heavy atom. The molecule has 56 heavy (non-hydrogen) atoms. The Bertz CT molecular complexity index is 2270. The van der Waals surface area contributed by atoms with Crippen LogP contribution in [-0.4, -0.2) is 29.2 Å². The molecule has 270 valence electrons. The minimum absolute atomic E-state index is 0.387. The predicted octanol–water partition coefficient (Wildman–Crippen LogP) is 9.44. The van der Waals surface area contributed by atoms with Gasteiger partial charge in [0.25, 0.3) is 0 Å². The summed E-state index contributed by atoms with van der Waals surface area (Å²) < 4.78 is 4.21. The number of nitrogens with zero attached hydrogens (tertiary/aromatic N) is 5. The molecule has 6 heteroatoms. The van der Waals surface area contributed by atoms with Gasteiger partial charge in [0, 0.05) is 18.6 Å². The first kappa shape index (κ1) is 34.6. The summed E-state index contributed by atoms with van der Waals surface area (Å²) in [7, 11) is 0. The summed E-state index contributed by atoms with van der Waals surface area (Å²) >= 11 is 0. The van der Waals surface area contributed by atoms with E-state index in [2.05, 4.69) is 155 Å². The van der Waals surface area contributed by atoms with Crippen molar-refractivity contribution in [2.45, 2.75) is 16.7 Å². The van der Waals surface area contributed by atoms with Gasteiger partial charge < -0.3 is 14.2 Å². The number of imidazole rings is 2. The van der Waals surface area contributed by atoms with Gasteiger partial charge in [0.15, 0.2) is 5.60 Å². The summed E-state index contributed by atoms with van der Waals surface area (Å²) in [6.07, 6.45) is 9.21. The Morgan fingerprint density at radius 3 is 0.875 bits per heavy atom. The van der Waals surface area contributed by atoms with E-state index in [-0.39, 0.29) is 0 Å². The first-order valence-electron chi connectivity index (χ1n) is 18.7. The van der Waals surface area contributed by atoms with Gasteiger partial charge in [-0.15, -0.1) is 0 Å². The van der Waals surface area contributed by atoms with E-state index in [1.165, 1.54) is 0 Å². The number of hydrogen-bond acceptors (Lipinski definition) is 4. The zero-order chi connectivity index (χ0) is 37.8. The molecule has 0 atom stereocenters. The summed E-state index contributed by atoms with van der Waals surface area (Å²) in [6.45, 7) is 0. The Kier molecular flexibility index (Phi) is 9.02. The fourth-order valence-electron chi connectivity index (χ4n) is 8.33. The standard InChI is InChI=1S/C50H39N5O/c56-50(45-33-19-20-34-51-45,46-35-54(37-52-46)48(39-21-7-1-8-22-39,40-23-9-2-10-24-40)41-25-11-3-12-26-41)47-36-55(38-53-47)49(42-27-13-4-14-28-42,43-29-15-5-16-30-43)44-31-17-6-18-32-44/h1-38,56H. The molecule has 3 aromatic heterocycles. The highest BCUT2D eigenvalue weighted by Gasteiger charge is 2.45. The summed E-state index contributed by atoms with van der Waals surface area (Å²) in [5.74, 6) is 0. The first-order chi connectivity index (χ1) is 27.7. The van der Waals surface area contributed by atoms with Crippen molar-refractivity contribution in [2.24, 2.45) is 0 Å². The van der Waals surface area contributed by atoms with E-state index < -0.39 is 16.7 Å². The van der Waals surface area contributed by atoms with E-state index >= 15 is 0 Å². The van der Waals surface area contributed by atoms with Crippen LogP contribution in [0.25, 0.3) is 0 Å². The molecule has 6 nitrogen and oxygen atoms in total. The lowest BCUT2D eigenvalue weighted by molar-refractivity contribution is 0.112. The molecule has 0 aliphatic carbocycles. The Labute approximate surface area is 326 Å². The highest BCUT2D eigenvalue weighted by atomic mass is 16.3. The largest absolute Gasteiger partial charge is 0.372 e. The Balaban J connectivity index is 1.29. The van der Waals surface area contributed by atoms with Gasteiger partial charge in [-0.2, -0.15) is 0 Å². The minimum Gasteiger partial charge on any atom is -0.372 e. The lowest BCUT2D eigenvalue weighted by atomic mass is 9.76. The number of hydrogen-bond donors (Lipinski definition) is 1. The number of aromatic nitrogens is 5. The van der Waals surface area contributed by atoms with Crippen LogP contribution in [-0.2, 0) is 16.7 Å². The zero-order valence-corrected chi connectivity index (χ0v) is 30.6. The molecule has 0 saturated heterocycles. The van der Waals surface area contributed by atoms with E-state index in [0.717, 1.165) is 33.4 Å². The van der Waals surface area contributed by atoms with E-state index in [4.69, 9.17) is 15.0 Å². The molecule has 0 radical (unpaired) electrons. The van der Waals surface area contributed by atoms with Crippen molar-refractivity contribution in [2.75, 3.05) is 0 Å². The predicted molar refractivity (Wildman–Crippen MR) is 220 cm³/mol. The van der Waals surface area contributed by atoms with Crippen LogP contribution in [0.15, 0.2) is 231 Å². The van der Waals surface area contributed by atoms with Crippen molar-refractivity contribution < 1.29 is 5.11 Å². The maximum Gasteiger partial charge on any atom is 0.194 e. The van der Waals surface area contributed by atoms with Crippen LogP contribution in [0.1, 0.15) is 50.5 Å². The molecule has 1 N–H and O–H groups in total. The molecule has 6 aromatic carbocycles. The second kappa shape index (κ2) is 14.6. The topological polar surface area (TPSA) is 68.8 Å². The SMILES string of the molecule is OC(c1ccccn1)(c1cn(C(c2ccccc2)(c2ccccc2)c2ccccc2)cn1)c1cn(C(c2ccccc2)(c2ccccc2)c2ccccc2)cn1. The minimum atomic E-state index is -1.84. The van der Waals surface area contributed by atoms with Crippen molar-refractivity contribution >= 4 is 0 Å². The third-order valence-corrected chi connectivity index (χ3v) is 10.9. The van der Waals surface area contributed by atoms with Crippen molar-refractivity contribution in [3.8, 4) is 0 Å². The summed E-state index contributed by atoms with van der Waals surface area (Å²) in [5.41, 5.74) is 3.96. The van der Waals surface area contributed by atoms with E-state index in [1.807, 2.05) is 79.6 Å². The van der Waals surface area contributed by atoms with Crippen LogP contribution in [0.3, 0.4) is 0 Å². The molecule has 0 saturated carbocycles. The lowest BCUT2D eigenvalue weighted by Gasteiger charge is -2.37. The van der Waals surface area contributed by atoms with Crippen LogP contribution < -0.4 is 0 Å². The number of benzene rings is 6. The van der Waals surface area contributed by atoms with Crippen LogP contribution in [0.5, 0.6) is 0 Å². The first-order valence-corrected chi connectivity index (χ1v) is 18.7. The second-order valence-corrected chi connectivity index (χ2v) is 13.9. The van der Waals surface area contributed by atoms with Crippen LogP contribution in [0.4, 0.5) is 0 Å². The van der Waals surface area contributed by atoms with Gasteiger partial charge in [-0.3, -0.25) is 4.98 Å². The fourth-order valence-corrected chi connectivity index (χ4v) is 8.33. The highest BCUT2D eigenvalue weighted by Crippen LogP contribution is 2.45. The summed E-state index contributed by atoms with van der Waals surface area (Å²) in [4.78, 5) is 14.9. The third-order valence-electron chi connectivity index (χ3n) is 10.9. The van der Waals surface area contributed by atoms with Crippen LogP contribution >= 0.6 is 0 Å².